The number of pyridine rings is 1. The molecule has 0 saturated heterocycles. The number of hydrogen-bond donors (Lipinski definition) is 0. The zero-order valence-corrected chi connectivity index (χ0v) is 18.1. The summed E-state index contributed by atoms with van der Waals surface area (Å²) in [5.41, 5.74) is 2.86. The molecule has 0 aliphatic heterocycles. The highest BCUT2D eigenvalue weighted by Gasteiger charge is 2.21. The van der Waals surface area contributed by atoms with Crippen molar-refractivity contribution in [3.63, 3.8) is 0 Å². The van der Waals surface area contributed by atoms with Crippen LogP contribution in [0.4, 0.5) is 0 Å². The molecular formula is C21H21ClN2O4S. The van der Waals surface area contributed by atoms with Gasteiger partial charge in [0.25, 0.3) is 0 Å². The molecule has 0 fully saturated rings. The lowest BCUT2D eigenvalue weighted by atomic mass is 10.1. The first kappa shape index (κ1) is 21.2. The number of rotatable bonds is 5. The molecule has 2 aromatic carbocycles. The Hall–Kier alpha value is -2.48. The smallest absolute Gasteiger partial charge is 0.338 e. The van der Waals surface area contributed by atoms with Crippen molar-refractivity contribution in [2.45, 2.75) is 25.3 Å². The Bertz CT molecular complexity index is 1210. The van der Waals surface area contributed by atoms with Crippen molar-refractivity contribution in [3.8, 4) is 0 Å². The number of nitrogens with zero attached hydrogens (tertiary/aromatic N) is 2. The lowest BCUT2D eigenvalue weighted by Crippen LogP contribution is -2.22. The van der Waals surface area contributed by atoms with E-state index in [1.165, 1.54) is 26.2 Å². The first-order valence-corrected chi connectivity index (χ1v) is 10.7. The van der Waals surface area contributed by atoms with Gasteiger partial charge in [0.05, 0.1) is 26.7 Å². The molecular weight excluding hydrogens is 412 g/mol. The van der Waals surface area contributed by atoms with Crippen molar-refractivity contribution in [1.82, 2.24) is 9.29 Å². The normalized spacial score (nSPS) is 11.8. The number of ether oxygens (including phenoxy) is 1. The van der Waals surface area contributed by atoms with Crippen molar-refractivity contribution in [2.75, 3.05) is 14.1 Å². The molecule has 0 bridgehead atoms. The number of aryl methyl sites for hydroxylation is 2. The number of carbonyl (C=O) groups excluding carboxylic acids is 1. The Balaban J connectivity index is 1.89. The van der Waals surface area contributed by atoms with Crippen molar-refractivity contribution in [2.24, 2.45) is 0 Å². The quantitative estimate of drug-likeness (QED) is 0.567. The third-order valence-electron chi connectivity index (χ3n) is 4.69. The van der Waals surface area contributed by atoms with Crippen molar-refractivity contribution in [1.29, 1.82) is 0 Å². The molecule has 0 aliphatic rings. The van der Waals surface area contributed by atoms with Crippen LogP contribution in [0.1, 0.15) is 27.2 Å². The van der Waals surface area contributed by atoms with Gasteiger partial charge in [-0.2, -0.15) is 0 Å². The Morgan fingerprint density at radius 1 is 1.14 bits per heavy atom. The van der Waals surface area contributed by atoms with Gasteiger partial charge in [-0.25, -0.2) is 22.5 Å². The number of aromatic nitrogens is 1. The predicted octanol–water partition coefficient (Wildman–Crippen LogP) is 4.11. The topological polar surface area (TPSA) is 76.6 Å². The average molecular weight is 433 g/mol. The van der Waals surface area contributed by atoms with Gasteiger partial charge in [-0.3, -0.25) is 0 Å². The number of para-hydroxylation sites is 1. The molecule has 0 amide bonds. The third kappa shape index (κ3) is 4.12. The molecule has 0 atom stereocenters. The molecule has 0 radical (unpaired) electrons. The number of halogens is 1. The van der Waals surface area contributed by atoms with Gasteiger partial charge in [0.1, 0.15) is 6.61 Å². The lowest BCUT2D eigenvalue weighted by Gasteiger charge is -2.14. The van der Waals surface area contributed by atoms with Gasteiger partial charge >= 0.3 is 5.97 Å². The van der Waals surface area contributed by atoms with E-state index in [9.17, 15) is 13.2 Å². The zero-order chi connectivity index (χ0) is 21.3. The van der Waals surface area contributed by atoms with E-state index in [4.69, 9.17) is 16.3 Å². The van der Waals surface area contributed by atoms with Gasteiger partial charge in [-0.05, 0) is 43.2 Å². The van der Waals surface area contributed by atoms with E-state index < -0.39 is 16.0 Å². The minimum atomic E-state index is -3.66. The van der Waals surface area contributed by atoms with E-state index in [2.05, 4.69) is 4.98 Å². The molecule has 1 heterocycles. The fraction of sp³-hybridized carbons (Fsp3) is 0.238. The molecule has 3 aromatic rings. The molecule has 6 nitrogen and oxygen atoms in total. The lowest BCUT2D eigenvalue weighted by molar-refractivity contribution is 0.0467. The van der Waals surface area contributed by atoms with Gasteiger partial charge in [0.2, 0.25) is 10.0 Å². The van der Waals surface area contributed by atoms with Crippen LogP contribution in [0.5, 0.6) is 0 Å². The van der Waals surface area contributed by atoms with Crippen LogP contribution in [0.2, 0.25) is 5.02 Å². The summed E-state index contributed by atoms with van der Waals surface area (Å²) in [5.74, 6) is -0.637. The van der Waals surface area contributed by atoms with E-state index in [1.807, 2.05) is 31.2 Å². The van der Waals surface area contributed by atoms with Gasteiger partial charge in [0.15, 0.2) is 0 Å². The summed E-state index contributed by atoms with van der Waals surface area (Å²) in [7, 11) is -0.794. The summed E-state index contributed by atoms with van der Waals surface area (Å²) < 4.78 is 31.2. The second kappa shape index (κ2) is 8.10. The minimum absolute atomic E-state index is 0.0257. The van der Waals surface area contributed by atoms with Crippen molar-refractivity contribution >= 4 is 38.5 Å². The third-order valence-corrected chi connectivity index (χ3v) is 7.01. The minimum Gasteiger partial charge on any atom is -0.456 e. The Morgan fingerprint density at radius 2 is 1.83 bits per heavy atom. The highest BCUT2D eigenvalue weighted by atomic mass is 35.5. The van der Waals surface area contributed by atoms with Crippen LogP contribution in [0, 0.1) is 13.8 Å². The zero-order valence-electron chi connectivity index (χ0n) is 16.6. The van der Waals surface area contributed by atoms with E-state index >= 15 is 0 Å². The monoisotopic (exact) mass is 432 g/mol. The maximum Gasteiger partial charge on any atom is 0.338 e. The van der Waals surface area contributed by atoms with Crippen LogP contribution < -0.4 is 0 Å². The fourth-order valence-corrected chi connectivity index (χ4v) is 4.04. The van der Waals surface area contributed by atoms with E-state index in [0.717, 1.165) is 20.8 Å². The predicted molar refractivity (Wildman–Crippen MR) is 113 cm³/mol. The molecule has 0 spiro atoms. The molecule has 8 heteroatoms. The Labute approximate surface area is 175 Å². The molecule has 0 aliphatic carbocycles. The van der Waals surface area contributed by atoms with Gasteiger partial charge in [-0.1, -0.05) is 35.9 Å². The highest BCUT2D eigenvalue weighted by Crippen LogP contribution is 2.27. The van der Waals surface area contributed by atoms with E-state index in [0.29, 0.717) is 16.3 Å². The number of fused-ring (bicyclic) bond motifs is 1. The molecule has 0 unspecified atom stereocenters. The van der Waals surface area contributed by atoms with Crippen molar-refractivity contribution in [3.05, 3.63) is 69.9 Å². The summed E-state index contributed by atoms with van der Waals surface area (Å²) in [6.07, 6.45) is 0. The van der Waals surface area contributed by atoms with Gasteiger partial charge in [0, 0.05) is 19.5 Å². The summed E-state index contributed by atoms with van der Waals surface area (Å²) in [4.78, 5) is 17.2. The first-order chi connectivity index (χ1) is 13.6. The van der Waals surface area contributed by atoms with Crippen LogP contribution in [0.3, 0.4) is 0 Å². The molecule has 152 valence electrons. The summed E-state index contributed by atoms with van der Waals surface area (Å²) >= 11 is 6.41. The molecule has 3 rings (SSSR count). The number of hydrogen-bond acceptors (Lipinski definition) is 5. The summed E-state index contributed by atoms with van der Waals surface area (Å²) in [6.45, 7) is 3.49. The largest absolute Gasteiger partial charge is 0.456 e. The molecule has 29 heavy (non-hydrogen) atoms. The first-order valence-electron chi connectivity index (χ1n) is 8.87. The molecule has 1 aromatic heterocycles. The van der Waals surface area contributed by atoms with Crippen LogP contribution >= 0.6 is 11.6 Å². The second-order valence-corrected chi connectivity index (χ2v) is 9.38. The Kier molecular flexibility index (Phi) is 5.93. The fourth-order valence-electron chi connectivity index (χ4n) is 2.92. The second-order valence-electron chi connectivity index (χ2n) is 6.85. The summed E-state index contributed by atoms with van der Waals surface area (Å²) in [5, 5.41) is 1.38. The molecule has 0 saturated carbocycles. The van der Waals surface area contributed by atoms with Gasteiger partial charge < -0.3 is 4.74 Å². The SMILES string of the molecule is Cc1ccc(S(=O)(=O)N(C)C)cc1C(=O)OCc1nc2ccccc2c(C)c1Cl. The van der Waals surface area contributed by atoms with Gasteiger partial charge in [-0.15, -0.1) is 0 Å². The van der Waals surface area contributed by atoms with E-state index in [1.54, 1.807) is 13.0 Å². The van der Waals surface area contributed by atoms with Crippen LogP contribution in [0.25, 0.3) is 10.9 Å². The maximum absolute atomic E-state index is 12.6. The number of sulfonamides is 1. The Morgan fingerprint density at radius 3 is 2.52 bits per heavy atom. The number of benzene rings is 2. The maximum atomic E-state index is 12.6. The number of carbonyl (C=O) groups is 1. The van der Waals surface area contributed by atoms with Crippen LogP contribution in [0.15, 0.2) is 47.4 Å². The van der Waals surface area contributed by atoms with Crippen LogP contribution in [-0.4, -0.2) is 37.8 Å². The number of esters is 1. The molecule has 0 N–H and O–H groups in total. The standard InChI is InChI=1S/C21H21ClN2O4S/c1-13-9-10-15(29(26,27)24(3)4)11-17(13)21(25)28-12-19-20(22)14(2)16-7-5-6-8-18(16)23-19/h5-11H,12H2,1-4H3. The average Bonchev–Trinajstić information content (AvgIpc) is 2.69. The van der Waals surface area contributed by atoms with Crippen molar-refractivity contribution < 1.29 is 17.9 Å². The highest BCUT2D eigenvalue weighted by molar-refractivity contribution is 7.89. The van der Waals surface area contributed by atoms with E-state index in [-0.39, 0.29) is 17.1 Å². The summed E-state index contributed by atoms with van der Waals surface area (Å²) in [6, 6.07) is 11.9. The van der Waals surface area contributed by atoms with Crippen LogP contribution in [-0.2, 0) is 21.4 Å².